The van der Waals surface area contributed by atoms with E-state index in [4.69, 9.17) is 39.5 Å². The first-order valence-corrected chi connectivity index (χ1v) is 7.34. The van der Waals surface area contributed by atoms with E-state index in [2.05, 4.69) is 24.1 Å². The molecule has 0 aliphatic carbocycles. The minimum Gasteiger partial charge on any atom is -0.445 e. The van der Waals surface area contributed by atoms with Gasteiger partial charge in [-0.05, 0) is 38.1 Å². The average molecular weight is 340 g/mol. The highest BCUT2D eigenvalue weighted by atomic mass is 35.6. The predicted molar refractivity (Wildman–Crippen MR) is 85.3 cm³/mol. The highest BCUT2D eigenvalue weighted by molar-refractivity contribution is 6.67. The van der Waals surface area contributed by atoms with Crippen LogP contribution in [-0.2, 0) is 4.74 Å². The maximum atomic E-state index is 11.5. The summed E-state index contributed by atoms with van der Waals surface area (Å²) in [5.74, 6) is 0. The van der Waals surface area contributed by atoms with E-state index in [9.17, 15) is 4.79 Å². The Balaban J connectivity index is 2.55. The van der Waals surface area contributed by atoms with Crippen LogP contribution < -0.4 is 10.2 Å². The smallest absolute Gasteiger partial charge is 0.411 e. The summed E-state index contributed by atoms with van der Waals surface area (Å²) in [5.41, 5.74) is 1.71. The molecule has 0 bridgehead atoms. The number of benzene rings is 1. The van der Waals surface area contributed by atoms with Crippen molar-refractivity contribution in [3.05, 3.63) is 24.3 Å². The molecule has 0 aliphatic rings. The van der Waals surface area contributed by atoms with Crippen LogP contribution in [0.4, 0.5) is 16.2 Å². The Morgan fingerprint density at radius 1 is 1.20 bits per heavy atom. The van der Waals surface area contributed by atoms with Crippen molar-refractivity contribution in [3.8, 4) is 0 Å². The molecule has 1 rings (SSSR count). The van der Waals surface area contributed by atoms with Gasteiger partial charge in [0.15, 0.2) is 0 Å². The zero-order valence-electron chi connectivity index (χ0n) is 11.3. The molecule has 0 saturated carbocycles. The van der Waals surface area contributed by atoms with Crippen molar-refractivity contribution in [3.63, 3.8) is 0 Å². The molecule has 0 saturated heterocycles. The summed E-state index contributed by atoms with van der Waals surface area (Å²) in [6.45, 7) is 5.72. The maximum Gasteiger partial charge on any atom is 0.411 e. The summed E-state index contributed by atoms with van der Waals surface area (Å²) < 4.78 is 3.17. The number of halogens is 3. The van der Waals surface area contributed by atoms with E-state index in [1.54, 1.807) is 12.1 Å². The van der Waals surface area contributed by atoms with Crippen molar-refractivity contribution in [1.82, 2.24) is 0 Å². The molecule has 0 aliphatic heterocycles. The van der Waals surface area contributed by atoms with Crippen LogP contribution >= 0.6 is 34.8 Å². The Kier molecular flexibility index (Phi) is 6.72. The van der Waals surface area contributed by atoms with E-state index >= 15 is 0 Å². The summed E-state index contributed by atoms with van der Waals surface area (Å²) in [6, 6.07) is 7.45. The largest absolute Gasteiger partial charge is 0.445 e. The molecule has 0 radical (unpaired) electrons. The lowest BCUT2D eigenvalue weighted by atomic mass is 10.2. The first-order chi connectivity index (χ1) is 9.35. The first-order valence-electron chi connectivity index (χ1n) is 6.21. The van der Waals surface area contributed by atoms with E-state index in [1.807, 2.05) is 12.1 Å². The van der Waals surface area contributed by atoms with Crippen molar-refractivity contribution in [2.45, 2.75) is 17.6 Å². The zero-order valence-corrected chi connectivity index (χ0v) is 13.6. The molecule has 112 valence electrons. The second-order valence-corrected chi connectivity index (χ2v) is 6.55. The second-order valence-electron chi connectivity index (χ2n) is 4.04. The molecule has 20 heavy (non-hydrogen) atoms. The van der Waals surface area contributed by atoms with Gasteiger partial charge in [-0.3, -0.25) is 5.32 Å². The highest BCUT2D eigenvalue weighted by Gasteiger charge is 2.22. The van der Waals surface area contributed by atoms with Gasteiger partial charge < -0.3 is 9.64 Å². The molecule has 1 amide bonds. The fraction of sp³-hybridized carbons (Fsp3) is 0.462. The molecule has 0 atom stereocenters. The summed E-state index contributed by atoms with van der Waals surface area (Å²) in [5, 5.41) is 2.56. The van der Waals surface area contributed by atoms with Gasteiger partial charge in [0.05, 0.1) is 0 Å². The number of anilines is 2. The Labute approximate surface area is 133 Å². The van der Waals surface area contributed by atoms with Crippen LogP contribution in [0.5, 0.6) is 0 Å². The molecule has 1 N–H and O–H groups in total. The lowest BCUT2D eigenvalue weighted by Crippen LogP contribution is -2.22. The molecule has 0 spiro atoms. The summed E-state index contributed by atoms with van der Waals surface area (Å²) in [4.78, 5) is 13.7. The summed E-state index contributed by atoms with van der Waals surface area (Å²) in [7, 11) is 0. The van der Waals surface area contributed by atoms with E-state index in [-0.39, 0.29) is 6.61 Å². The van der Waals surface area contributed by atoms with E-state index < -0.39 is 9.89 Å². The fourth-order valence-corrected chi connectivity index (χ4v) is 1.81. The van der Waals surface area contributed by atoms with Crippen molar-refractivity contribution in [2.24, 2.45) is 0 Å². The Morgan fingerprint density at radius 3 is 2.20 bits per heavy atom. The SMILES string of the molecule is CCN(CC)c1ccc(NC(=O)OCC(Cl)(Cl)Cl)cc1. The van der Waals surface area contributed by atoms with Crippen LogP contribution in [0.15, 0.2) is 24.3 Å². The molecular weight excluding hydrogens is 323 g/mol. The zero-order chi connectivity index (χ0) is 15.2. The highest BCUT2D eigenvalue weighted by Crippen LogP contribution is 2.26. The number of hydrogen-bond donors (Lipinski definition) is 1. The Bertz CT molecular complexity index is 428. The van der Waals surface area contributed by atoms with Crippen LogP contribution in [0.1, 0.15) is 13.8 Å². The molecule has 1 aromatic carbocycles. The normalized spacial score (nSPS) is 11.1. The molecule has 4 nitrogen and oxygen atoms in total. The Hall–Kier alpha value is -0.840. The van der Waals surface area contributed by atoms with Gasteiger partial charge in [0.1, 0.15) is 6.61 Å². The van der Waals surface area contributed by atoms with Gasteiger partial charge in [-0.2, -0.15) is 0 Å². The lowest BCUT2D eigenvalue weighted by Gasteiger charge is -2.21. The molecule has 0 heterocycles. The van der Waals surface area contributed by atoms with Crippen molar-refractivity contribution >= 4 is 52.3 Å². The molecule has 1 aromatic rings. The predicted octanol–water partition coefficient (Wildman–Crippen LogP) is 4.45. The monoisotopic (exact) mass is 338 g/mol. The van der Waals surface area contributed by atoms with Gasteiger partial charge in [0.25, 0.3) is 0 Å². The van der Waals surface area contributed by atoms with Gasteiger partial charge in [0.2, 0.25) is 3.79 Å². The third-order valence-electron chi connectivity index (χ3n) is 2.61. The van der Waals surface area contributed by atoms with Crippen LogP contribution in [0.2, 0.25) is 0 Å². The quantitative estimate of drug-likeness (QED) is 0.806. The third-order valence-corrected chi connectivity index (χ3v) is 2.94. The van der Waals surface area contributed by atoms with Crippen LogP contribution in [0, 0.1) is 0 Å². The second kappa shape index (κ2) is 7.81. The van der Waals surface area contributed by atoms with Crippen LogP contribution in [0.3, 0.4) is 0 Å². The van der Waals surface area contributed by atoms with Crippen molar-refractivity contribution in [2.75, 3.05) is 29.9 Å². The van der Waals surface area contributed by atoms with E-state index in [0.29, 0.717) is 5.69 Å². The number of amides is 1. The standard InChI is InChI=1S/C13H17Cl3N2O2/c1-3-18(4-2)11-7-5-10(6-8-11)17-12(19)20-9-13(14,15)16/h5-8H,3-4,9H2,1-2H3,(H,17,19). The van der Waals surface area contributed by atoms with Crippen molar-refractivity contribution in [1.29, 1.82) is 0 Å². The number of nitrogens with zero attached hydrogens (tertiary/aromatic N) is 1. The number of rotatable bonds is 5. The van der Waals surface area contributed by atoms with Gasteiger partial charge in [-0.25, -0.2) is 4.79 Å². The average Bonchev–Trinajstić information content (AvgIpc) is 2.39. The number of hydrogen-bond acceptors (Lipinski definition) is 3. The fourth-order valence-electron chi connectivity index (χ4n) is 1.65. The Morgan fingerprint density at radius 2 is 1.75 bits per heavy atom. The minimum absolute atomic E-state index is 0.305. The molecular formula is C13H17Cl3N2O2. The summed E-state index contributed by atoms with van der Waals surface area (Å²) in [6.07, 6.45) is -0.660. The van der Waals surface area contributed by atoms with Gasteiger partial charge >= 0.3 is 6.09 Å². The number of carbonyl (C=O) groups excluding carboxylic acids is 1. The number of carbonyl (C=O) groups is 1. The topological polar surface area (TPSA) is 41.6 Å². The van der Waals surface area contributed by atoms with Crippen LogP contribution in [-0.4, -0.2) is 29.6 Å². The van der Waals surface area contributed by atoms with E-state index in [1.165, 1.54) is 0 Å². The van der Waals surface area contributed by atoms with Gasteiger partial charge in [-0.15, -0.1) is 0 Å². The van der Waals surface area contributed by atoms with Crippen LogP contribution in [0.25, 0.3) is 0 Å². The molecule has 7 heteroatoms. The number of alkyl halides is 3. The minimum atomic E-state index is -1.61. The first kappa shape index (κ1) is 17.2. The molecule has 0 aromatic heterocycles. The van der Waals surface area contributed by atoms with Crippen molar-refractivity contribution < 1.29 is 9.53 Å². The summed E-state index contributed by atoms with van der Waals surface area (Å²) >= 11 is 16.5. The lowest BCUT2D eigenvalue weighted by molar-refractivity contribution is 0.164. The number of ether oxygens (including phenoxy) is 1. The third kappa shape index (κ3) is 6.07. The molecule has 0 unspecified atom stereocenters. The van der Waals surface area contributed by atoms with Gasteiger partial charge in [0, 0.05) is 24.5 Å². The molecule has 0 fully saturated rings. The van der Waals surface area contributed by atoms with Gasteiger partial charge in [-0.1, -0.05) is 34.8 Å². The van der Waals surface area contributed by atoms with E-state index in [0.717, 1.165) is 18.8 Å². The number of nitrogens with one attached hydrogen (secondary N) is 1. The maximum absolute atomic E-state index is 11.5.